The molecule has 0 saturated heterocycles. The van der Waals surface area contributed by atoms with Gasteiger partial charge in [0, 0.05) is 5.57 Å². The van der Waals surface area contributed by atoms with E-state index < -0.39 is 6.67 Å². The van der Waals surface area contributed by atoms with Crippen LogP contribution in [-0.2, 0) is 9.53 Å². The molecule has 0 aromatic rings. The second-order valence-electron chi connectivity index (χ2n) is 1.58. The maximum absolute atomic E-state index is 11.6. The van der Waals surface area contributed by atoms with Gasteiger partial charge in [-0.1, -0.05) is 0 Å². The molecule has 0 atom stereocenters. The van der Waals surface area contributed by atoms with Gasteiger partial charge in [0.2, 0.25) is 0 Å². The lowest BCUT2D eigenvalue weighted by atomic mass is 10.3. The molecule has 0 unspecified atom stereocenters. The van der Waals surface area contributed by atoms with Crippen molar-refractivity contribution in [2.24, 2.45) is 0 Å². The number of hydrogen-bond acceptors (Lipinski definition) is 2. The molecule has 0 spiro atoms. The van der Waals surface area contributed by atoms with E-state index in [0.717, 1.165) is 0 Å². The van der Waals surface area contributed by atoms with E-state index in [2.05, 4.69) is 4.74 Å². The summed E-state index contributed by atoms with van der Waals surface area (Å²) in [6, 6.07) is 0. The van der Waals surface area contributed by atoms with Crippen LogP contribution in [0.2, 0.25) is 0 Å². The summed E-state index contributed by atoms with van der Waals surface area (Å²) in [5, 5.41) is 0. The molecule has 3 heteroatoms. The Hall–Kier alpha value is -0.860. The van der Waals surface area contributed by atoms with Gasteiger partial charge in [0.25, 0.3) is 0 Å². The first kappa shape index (κ1) is 5.28. The highest BCUT2D eigenvalue weighted by Crippen LogP contribution is 2.10. The first-order chi connectivity index (χ1) is 3.83. The summed E-state index contributed by atoms with van der Waals surface area (Å²) < 4.78 is 15.9. The van der Waals surface area contributed by atoms with Crippen LogP contribution in [-0.4, -0.2) is 12.6 Å². The Bertz CT molecular complexity index is 139. The minimum absolute atomic E-state index is 0.122. The molecule has 0 fully saturated rings. The predicted octanol–water partition coefficient (Wildman–Crippen LogP) is 0.787. The van der Waals surface area contributed by atoms with Crippen molar-refractivity contribution in [3.8, 4) is 0 Å². The summed E-state index contributed by atoms with van der Waals surface area (Å²) in [6.45, 7) is -0.578. The van der Waals surface area contributed by atoms with E-state index in [1.165, 1.54) is 6.26 Å². The third-order valence-corrected chi connectivity index (χ3v) is 0.900. The third-order valence-electron chi connectivity index (χ3n) is 0.900. The Kier molecular flexibility index (Phi) is 1.28. The molecule has 0 amide bonds. The maximum atomic E-state index is 11.6. The van der Waals surface area contributed by atoms with Gasteiger partial charge in [-0.2, -0.15) is 0 Å². The van der Waals surface area contributed by atoms with E-state index in [9.17, 15) is 9.18 Å². The van der Waals surface area contributed by atoms with Gasteiger partial charge in [0.05, 0.1) is 12.7 Å². The van der Waals surface area contributed by atoms with Crippen molar-refractivity contribution in [2.45, 2.75) is 6.42 Å². The molecule has 0 aliphatic carbocycles. The van der Waals surface area contributed by atoms with Crippen molar-refractivity contribution in [1.82, 2.24) is 0 Å². The molecule has 0 radical (unpaired) electrons. The molecule has 1 rings (SSSR count). The first-order valence-electron chi connectivity index (χ1n) is 2.26. The number of alkyl halides is 1. The van der Waals surface area contributed by atoms with Crippen LogP contribution in [0.25, 0.3) is 0 Å². The van der Waals surface area contributed by atoms with Crippen LogP contribution in [0.15, 0.2) is 11.8 Å². The maximum Gasteiger partial charge on any atom is 0.314 e. The van der Waals surface area contributed by atoms with Gasteiger partial charge in [0.1, 0.15) is 6.67 Å². The Labute approximate surface area is 45.9 Å². The average molecular weight is 116 g/mol. The zero-order chi connectivity index (χ0) is 5.98. The molecule has 1 aliphatic heterocycles. The van der Waals surface area contributed by atoms with Gasteiger partial charge in [-0.3, -0.25) is 4.79 Å². The fourth-order valence-electron chi connectivity index (χ4n) is 0.497. The lowest BCUT2D eigenvalue weighted by molar-refractivity contribution is -0.135. The van der Waals surface area contributed by atoms with Gasteiger partial charge in [-0.15, -0.1) is 0 Å². The average Bonchev–Trinajstić information content (AvgIpc) is 2.14. The fourth-order valence-corrected chi connectivity index (χ4v) is 0.497. The SMILES string of the molecule is O=C1CC(CF)=CO1. The lowest BCUT2D eigenvalue weighted by Crippen LogP contribution is -1.91. The standard InChI is InChI=1S/C5H5FO2/c6-2-4-1-5(7)8-3-4/h3H,1-2H2. The molecule has 0 N–H and O–H groups in total. The fraction of sp³-hybridized carbons (Fsp3) is 0.400. The van der Waals surface area contributed by atoms with E-state index in [0.29, 0.717) is 5.57 Å². The molecule has 0 aromatic carbocycles. The van der Waals surface area contributed by atoms with Crippen LogP contribution >= 0.6 is 0 Å². The van der Waals surface area contributed by atoms with Crippen molar-refractivity contribution >= 4 is 5.97 Å². The van der Waals surface area contributed by atoms with E-state index in [1.54, 1.807) is 0 Å². The van der Waals surface area contributed by atoms with Crippen molar-refractivity contribution in [2.75, 3.05) is 6.67 Å². The van der Waals surface area contributed by atoms with E-state index in [-0.39, 0.29) is 12.4 Å². The lowest BCUT2D eigenvalue weighted by Gasteiger charge is -1.81. The zero-order valence-electron chi connectivity index (χ0n) is 4.19. The molecule has 8 heavy (non-hydrogen) atoms. The highest BCUT2D eigenvalue weighted by atomic mass is 19.1. The normalized spacial score (nSPS) is 18.1. The largest absolute Gasteiger partial charge is 0.434 e. The highest BCUT2D eigenvalue weighted by Gasteiger charge is 2.13. The Morgan fingerprint density at radius 2 is 2.62 bits per heavy atom. The van der Waals surface area contributed by atoms with Gasteiger partial charge >= 0.3 is 5.97 Å². The summed E-state index contributed by atoms with van der Waals surface area (Å²) in [7, 11) is 0. The number of carbonyl (C=O) groups excluding carboxylic acids is 1. The van der Waals surface area contributed by atoms with Crippen LogP contribution in [0.5, 0.6) is 0 Å². The number of esters is 1. The zero-order valence-corrected chi connectivity index (χ0v) is 4.19. The van der Waals surface area contributed by atoms with Crippen LogP contribution in [0.3, 0.4) is 0 Å². The van der Waals surface area contributed by atoms with Gasteiger partial charge in [-0.25, -0.2) is 4.39 Å². The van der Waals surface area contributed by atoms with E-state index in [1.807, 2.05) is 0 Å². The monoisotopic (exact) mass is 116 g/mol. The minimum atomic E-state index is -0.578. The molecule has 1 heterocycles. The van der Waals surface area contributed by atoms with E-state index >= 15 is 0 Å². The number of halogens is 1. The quantitative estimate of drug-likeness (QED) is 0.473. The smallest absolute Gasteiger partial charge is 0.314 e. The van der Waals surface area contributed by atoms with Crippen LogP contribution in [0.4, 0.5) is 4.39 Å². The summed E-state index contributed by atoms with van der Waals surface area (Å²) in [5.74, 6) is -0.363. The second-order valence-corrected chi connectivity index (χ2v) is 1.58. The molecule has 0 saturated carbocycles. The molecule has 44 valence electrons. The molecule has 1 aliphatic rings. The number of hydrogen-bond donors (Lipinski definition) is 0. The number of carbonyl (C=O) groups is 1. The van der Waals surface area contributed by atoms with Gasteiger partial charge in [0.15, 0.2) is 0 Å². The topological polar surface area (TPSA) is 26.3 Å². The van der Waals surface area contributed by atoms with E-state index in [4.69, 9.17) is 0 Å². The Morgan fingerprint density at radius 3 is 2.88 bits per heavy atom. The van der Waals surface area contributed by atoms with Gasteiger partial charge in [-0.05, 0) is 0 Å². The van der Waals surface area contributed by atoms with Crippen LogP contribution in [0, 0.1) is 0 Å². The summed E-state index contributed by atoms with van der Waals surface area (Å²) in [5.41, 5.74) is 0.426. The molecule has 0 aromatic heterocycles. The number of cyclic esters (lactones) is 1. The van der Waals surface area contributed by atoms with Crippen molar-refractivity contribution in [3.63, 3.8) is 0 Å². The van der Waals surface area contributed by atoms with Crippen molar-refractivity contribution in [3.05, 3.63) is 11.8 Å². The second kappa shape index (κ2) is 1.94. The third kappa shape index (κ3) is 0.857. The number of rotatable bonds is 1. The number of ether oxygens (including phenoxy) is 1. The molecular weight excluding hydrogens is 111 g/mol. The summed E-state index contributed by atoms with van der Waals surface area (Å²) in [6.07, 6.45) is 1.29. The first-order valence-corrected chi connectivity index (χ1v) is 2.26. The van der Waals surface area contributed by atoms with Crippen LogP contribution in [0.1, 0.15) is 6.42 Å². The Morgan fingerprint density at radius 1 is 1.88 bits per heavy atom. The predicted molar refractivity (Wildman–Crippen MR) is 24.8 cm³/mol. The molecule has 0 bridgehead atoms. The minimum Gasteiger partial charge on any atom is -0.434 e. The Balaban J connectivity index is 2.49. The summed E-state index contributed by atoms with van der Waals surface area (Å²) >= 11 is 0. The van der Waals surface area contributed by atoms with Crippen molar-refractivity contribution in [1.29, 1.82) is 0 Å². The van der Waals surface area contributed by atoms with Gasteiger partial charge < -0.3 is 4.74 Å². The molecular formula is C5H5FO2. The summed E-state index contributed by atoms with van der Waals surface area (Å²) in [4.78, 5) is 10.2. The van der Waals surface area contributed by atoms with Crippen LogP contribution < -0.4 is 0 Å². The van der Waals surface area contributed by atoms with Crippen molar-refractivity contribution < 1.29 is 13.9 Å². The highest BCUT2D eigenvalue weighted by molar-refractivity contribution is 5.75. The molecule has 2 nitrogen and oxygen atoms in total.